The molecule has 6 heteroatoms. The van der Waals surface area contributed by atoms with Gasteiger partial charge in [-0.3, -0.25) is 10.2 Å². The summed E-state index contributed by atoms with van der Waals surface area (Å²) in [5.41, 5.74) is 7.73. The van der Waals surface area contributed by atoms with Crippen molar-refractivity contribution < 1.29 is 0 Å². The molecule has 0 aliphatic carbocycles. The molecule has 0 saturated carbocycles. The van der Waals surface area contributed by atoms with E-state index in [1.165, 1.54) is 16.5 Å². The smallest absolute Gasteiger partial charge is 0.0923 e. The van der Waals surface area contributed by atoms with Gasteiger partial charge in [0.2, 0.25) is 0 Å². The zero-order valence-corrected chi connectivity index (χ0v) is 14.8. The number of hydrogen-bond donors (Lipinski definition) is 2. The quantitative estimate of drug-likeness (QED) is 0.511. The maximum absolute atomic E-state index is 4.49. The van der Waals surface area contributed by atoms with Crippen LogP contribution in [0.15, 0.2) is 67.1 Å². The number of hydrogen-bond acceptors (Lipinski definition) is 3. The van der Waals surface area contributed by atoms with Gasteiger partial charge in [-0.2, -0.15) is 15.3 Å². The summed E-state index contributed by atoms with van der Waals surface area (Å²) >= 11 is 0. The summed E-state index contributed by atoms with van der Waals surface area (Å²) < 4.78 is 1.84. The SMILES string of the molecule is Cc1c(Cc2cc(-c3ccc(-n4cccn4)cc3)n[nH]2)ccc2[nH]ncc12. The molecule has 0 aliphatic heterocycles. The highest BCUT2D eigenvalue weighted by Crippen LogP contribution is 2.24. The van der Waals surface area contributed by atoms with Gasteiger partial charge in [-0.05, 0) is 48.4 Å². The summed E-state index contributed by atoms with van der Waals surface area (Å²) in [5, 5.41) is 20.2. The Balaban J connectivity index is 1.40. The lowest BCUT2D eigenvalue weighted by Crippen LogP contribution is -1.93. The molecular formula is C21H18N6. The zero-order valence-electron chi connectivity index (χ0n) is 14.8. The number of rotatable bonds is 4. The molecule has 3 heterocycles. The molecule has 2 aromatic carbocycles. The first kappa shape index (κ1) is 15.6. The second kappa shape index (κ2) is 6.25. The summed E-state index contributed by atoms with van der Waals surface area (Å²) in [5.74, 6) is 0. The minimum Gasteiger partial charge on any atom is -0.282 e. The van der Waals surface area contributed by atoms with E-state index in [1.54, 1.807) is 6.20 Å². The van der Waals surface area contributed by atoms with E-state index in [0.29, 0.717) is 0 Å². The third-order valence-corrected chi connectivity index (χ3v) is 4.95. The van der Waals surface area contributed by atoms with Gasteiger partial charge >= 0.3 is 0 Å². The molecule has 0 unspecified atom stereocenters. The van der Waals surface area contributed by atoms with Crippen molar-refractivity contribution in [3.05, 3.63) is 83.9 Å². The molecule has 5 aromatic rings. The molecule has 0 bridgehead atoms. The van der Waals surface area contributed by atoms with E-state index in [0.717, 1.165) is 34.6 Å². The molecule has 27 heavy (non-hydrogen) atoms. The average Bonchev–Trinajstić information content (AvgIpc) is 3.46. The number of nitrogens with one attached hydrogen (secondary N) is 2. The van der Waals surface area contributed by atoms with Crippen molar-refractivity contribution in [1.82, 2.24) is 30.2 Å². The maximum Gasteiger partial charge on any atom is 0.0923 e. The molecule has 0 fully saturated rings. The lowest BCUT2D eigenvalue weighted by Gasteiger charge is -2.05. The molecular weight excluding hydrogens is 336 g/mol. The fourth-order valence-electron chi connectivity index (χ4n) is 3.41. The number of benzene rings is 2. The molecule has 0 amide bonds. The maximum atomic E-state index is 4.49. The molecule has 0 spiro atoms. The van der Waals surface area contributed by atoms with E-state index >= 15 is 0 Å². The number of H-pyrrole nitrogens is 2. The van der Waals surface area contributed by atoms with Crippen molar-refractivity contribution in [2.45, 2.75) is 13.3 Å². The molecule has 3 aromatic heterocycles. The van der Waals surface area contributed by atoms with Crippen molar-refractivity contribution in [3.8, 4) is 16.9 Å². The Morgan fingerprint density at radius 2 is 1.93 bits per heavy atom. The van der Waals surface area contributed by atoms with Crippen LogP contribution in [0.1, 0.15) is 16.8 Å². The van der Waals surface area contributed by atoms with Crippen molar-refractivity contribution >= 4 is 10.9 Å². The van der Waals surface area contributed by atoms with E-state index in [2.05, 4.69) is 62.7 Å². The summed E-state index contributed by atoms with van der Waals surface area (Å²) in [4.78, 5) is 0. The molecule has 6 nitrogen and oxygen atoms in total. The molecule has 0 atom stereocenters. The first-order chi connectivity index (χ1) is 13.3. The van der Waals surface area contributed by atoms with Crippen LogP contribution in [0.3, 0.4) is 0 Å². The van der Waals surface area contributed by atoms with Crippen LogP contribution in [-0.2, 0) is 6.42 Å². The van der Waals surface area contributed by atoms with Crippen LogP contribution in [0.2, 0.25) is 0 Å². The Morgan fingerprint density at radius 3 is 2.74 bits per heavy atom. The molecule has 5 rings (SSSR count). The lowest BCUT2D eigenvalue weighted by molar-refractivity contribution is 0.880. The highest BCUT2D eigenvalue weighted by molar-refractivity contribution is 5.82. The van der Waals surface area contributed by atoms with Gasteiger partial charge < -0.3 is 0 Å². The van der Waals surface area contributed by atoms with Gasteiger partial charge in [0, 0.05) is 35.5 Å². The highest BCUT2D eigenvalue weighted by Gasteiger charge is 2.09. The number of aromatic amines is 2. The Labute approximate surface area is 155 Å². The number of aromatic nitrogens is 6. The van der Waals surface area contributed by atoms with Crippen LogP contribution < -0.4 is 0 Å². The number of fused-ring (bicyclic) bond motifs is 1. The van der Waals surface area contributed by atoms with E-state index in [-0.39, 0.29) is 0 Å². The summed E-state index contributed by atoms with van der Waals surface area (Å²) in [7, 11) is 0. The molecule has 0 aliphatic rings. The van der Waals surface area contributed by atoms with E-state index < -0.39 is 0 Å². The van der Waals surface area contributed by atoms with Crippen LogP contribution in [-0.4, -0.2) is 30.2 Å². The van der Waals surface area contributed by atoms with Gasteiger partial charge in [-0.1, -0.05) is 18.2 Å². The minimum atomic E-state index is 0.811. The minimum absolute atomic E-state index is 0.811. The van der Waals surface area contributed by atoms with Gasteiger partial charge in [0.25, 0.3) is 0 Å². The normalized spacial score (nSPS) is 11.3. The standard InChI is InChI=1S/C21H18N6/c1-14-16(5-8-20-19(14)13-22-25-20)11-17-12-21(26-24-17)15-3-6-18(7-4-15)27-10-2-9-23-27/h2-10,12-13H,11H2,1H3,(H,22,25)(H,24,26). The van der Waals surface area contributed by atoms with Crippen molar-refractivity contribution in [2.24, 2.45) is 0 Å². The Kier molecular flexibility index (Phi) is 3.60. The fraction of sp³-hybridized carbons (Fsp3) is 0.0952. The zero-order chi connectivity index (χ0) is 18.2. The number of nitrogens with zero attached hydrogens (tertiary/aromatic N) is 4. The second-order valence-corrected chi connectivity index (χ2v) is 6.63. The highest BCUT2D eigenvalue weighted by atomic mass is 15.3. The van der Waals surface area contributed by atoms with Crippen LogP contribution in [0.4, 0.5) is 0 Å². The van der Waals surface area contributed by atoms with E-state index in [4.69, 9.17) is 0 Å². The molecule has 132 valence electrons. The van der Waals surface area contributed by atoms with Crippen molar-refractivity contribution in [1.29, 1.82) is 0 Å². The molecule has 0 radical (unpaired) electrons. The second-order valence-electron chi connectivity index (χ2n) is 6.63. The van der Waals surface area contributed by atoms with Gasteiger partial charge in [0.05, 0.1) is 23.1 Å². The first-order valence-corrected chi connectivity index (χ1v) is 8.84. The summed E-state index contributed by atoms with van der Waals surface area (Å²) in [6.45, 7) is 2.14. The Bertz CT molecular complexity index is 1200. The van der Waals surface area contributed by atoms with E-state index in [1.807, 2.05) is 35.3 Å². The third-order valence-electron chi connectivity index (χ3n) is 4.95. The number of aryl methyl sites for hydroxylation is 1. The van der Waals surface area contributed by atoms with Crippen molar-refractivity contribution in [2.75, 3.05) is 0 Å². The summed E-state index contributed by atoms with van der Waals surface area (Å²) in [6, 6.07) is 16.5. The molecule has 0 saturated heterocycles. The van der Waals surface area contributed by atoms with Gasteiger partial charge in [0.1, 0.15) is 0 Å². The van der Waals surface area contributed by atoms with E-state index in [9.17, 15) is 0 Å². The topological polar surface area (TPSA) is 75.2 Å². The third kappa shape index (κ3) is 2.81. The Morgan fingerprint density at radius 1 is 1.04 bits per heavy atom. The average molecular weight is 354 g/mol. The van der Waals surface area contributed by atoms with Gasteiger partial charge in [-0.15, -0.1) is 0 Å². The van der Waals surface area contributed by atoms with Gasteiger partial charge in [-0.25, -0.2) is 4.68 Å². The predicted molar refractivity (Wildman–Crippen MR) is 105 cm³/mol. The van der Waals surface area contributed by atoms with Gasteiger partial charge in [0.15, 0.2) is 0 Å². The lowest BCUT2D eigenvalue weighted by atomic mass is 10.0. The van der Waals surface area contributed by atoms with Crippen LogP contribution in [0, 0.1) is 6.92 Å². The fourth-order valence-corrected chi connectivity index (χ4v) is 3.41. The van der Waals surface area contributed by atoms with Crippen molar-refractivity contribution in [3.63, 3.8) is 0 Å². The van der Waals surface area contributed by atoms with Crippen LogP contribution in [0.25, 0.3) is 27.8 Å². The largest absolute Gasteiger partial charge is 0.282 e. The monoisotopic (exact) mass is 354 g/mol. The Hall–Kier alpha value is -3.67. The summed E-state index contributed by atoms with van der Waals surface area (Å²) in [6.07, 6.45) is 6.40. The van der Waals surface area contributed by atoms with Crippen LogP contribution in [0.5, 0.6) is 0 Å². The molecule has 2 N–H and O–H groups in total. The van der Waals surface area contributed by atoms with Crippen LogP contribution >= 0.6 is 0 Å². The predicted octanol–water partition coefficient (Wildman–Crippen LogP) is 4.04. The first-order valence-electron chi connectivity index (χ1n) is 8.84.